The van der Waals surface area contributed by atoms with Crippen LogP contribution >= 0.6 is 0 Å². The third kappa shape index (κ3) is 5.88. The van der Waals surface area contributed by atoms with Gasteiger partial charge in [0.05, 0.1) is 27.8 Å². The fourth-order valence-electron chi connectivity index (χ4n) is 12.0. The van der Waals surface area contributed by atoms with E-state index in [9.17, 15) is 0 Å². The molecule has 328 valence electrons. The van der Waals surface area contributed by atoms with E-state index in [0.29, 0.717) is 0 Å². The third-order valence-corrected chi connectivity index (χ3v) is 14.7. The van der Waals surface area contributed by atoms with Gasteiger partial charge in [-0.15, -0.1) is 0 Å². The van der Waals surface area contributed by atoms with Gasteiger partial charge >= 0.3 is 0 Å². The van der Waals surface area contributed by atoms with Crippen molar-refractivity contribution in [3.8, 4) is 39.1 Å². The summed E-state index contributed by atoms with van der Waals surface area (Å²) >= 11 is 0. The number of fused-ring (bicyclic) bond motifs is 13. The predicted molar refractivity (Wildman–Crippen MR) is 292 cm³/mol. The molecule has 1 aromatic heterocycles. The van der Waals surface area contributed by atoms with E-state index >= 15 is 0 Å². The predicted octanol–water partition coefficient (Wildman–Crippen LogP) is 17.7. The Morgan fingerprint density at radius 1 is 0.300 bits per heavy atom. The molecule has 0 aliphatic heterocycles. The van der Waals surface area contributed by atoms with E-state index in [1.807, 2.05) is 0 Å². The lowest BCUT2D eigenvalue weighted by molar-refractivity contribution is 0.793. The maximum Gasteiger partial charge on any atom is 0.0746 e. The van der Waals surface area contributed by atoms with Crippen LogP contribution in [0, 0.1) is 0 Å². The zero-order valence-corrected chi connectivity index (χ0v) is 38.3. The normalized spacial score (nSPS) is 14.1. The summed E-state index contributed by atoms with van der Waals surface area (Å²) in [7, 11) is 0. The number of anilines is 6. The molecule has 0 fully saturated rings. The standard InChI is InChI=1S/C67H45N3/c1-5-22-46(23-6-1)47-24-19-31-51(44-47)69(52-42-43-55-54-33-15-18-39-61(54)70(64(55)45-52)50-29-11-4-12-30-50)63-41-20-35-56-53-32-13-16-36-58(53)67(66(56)63)59-37-17-14-34-57(59)65-60(67)38-21-40-62(65)68(48-25-7-2-8-26-48)49-27-9-3-10-28-49/h1-45H. The van der Waals surface area contributed by atoms with Crippen LogP contribution in [0.4, 0.5) is 34.1 Å². The monoisotopic (exact) mass is 891 g/mol. The number of rotatable bonds is 8. The van der Waals surface area contributed by atoms with Crippen molar-refractivity contribution in [2.75, 3.05) is 9.80 Å². The van der Waals surface area contributed by atoms with Gasteiger partial charge in [0.15, 0.2) is 0 Å². The summed E-state index contributed by atoms with van der Waals surface area (Å²) in [6, 6.07) is 100. The fourth-order valence-corrected chi connectivity index (χ4v) is 12.0. The second-order valence-electron chi connectivity index (χ2n) is 18.4. The number of hydrogen-bond donors (Lipinski definition) is 0. The molecule has 1 heterocycles. The largest absolute Gasteiger partial charge is 0.310 e. The molecule has 2 aliphatic carbocycles. The highest BCUT2D eigenvalue weighted by Crippen LogP contribution is 2.67. The third-order valence-electron chi connectivity index (χ3n) is 14.7. The lowest BCUT2D eigenvalue weighted by Crippen LogP contribution is -2.28. The number of hydrogen-bond acceptors (Lipinski definition) is 2. The van der Waals surface area contributed by atoms with Crippen LogP contribution in [0.3, 0.4) is 0 Å². The summed E-state index contributed by atoms with van der Waals surface area (Å²) in [6.45, 7) is 0. The number of benzene rings is 11. The molecule has 3 nitrogen and oxygen atoms in total. The molecule has 12 aromatic rings. The first-order valence-corrected chi connectivity index (χ1v) is 24.2. The minimum Gasteiger partial charge on any atom is -0.310 e. The number of para-hydroxylation sites is 4. The summed E-state index contributed by atoms with van der Waals surface area (Å²) in [5.41, 5.74) is 22.0. The molecule has 2 aliphatic rings. The molecule has 14 rings (SSSR count). The molecule has 0 bridgehead atoms. The fraction of sp³-hybridized carbons (Fsp3) is 0.0149. The van der Waals surface area contributed by atoms with E-state index in [2.05, 4.69) is 287 Å². The molecule has 1 atom stereocenters. The zero-order chi connectivity index (χ0) is 46.2. The van der Waals surface area contributed by atoms with Crippen molar-refractivity contribution in [2.24, 2.45) is 0 Å². The van der Waals surface area contributed by atoms with Crippen molar-refractivity contribution < 1.29 is 0 Å². The average Bonchev–Trinajstić information content (AvgIpc) is 4.05. The van der Waals surface area contributed by atoms with Crippen LogP contribution in [0.25, 0.3) is 60.9 Å². The average molecular weight is 892 g/mol. The highest BCUT2D eigenvalue weighted by Gasteiger charge is 2.54. The molecule has 0 saturated carbocycles. The molecular formula is C67H45N3. The molecule has 0 saturated heterocycles. The lowest BCUT2D eigenvalue weighted by Gasteiger charge is -2.36. The quantitative estimate of drug-likeness (QED) is 0.151. The Labute approximate surface area is 408 Å². The SMILES string of the molecule is c1ccc(-c2cccc(N(c3ccc4c5ccccc5n(-c5ccccc5)c4c3)c3cccc4c3C3(c5ccccc5-4)c4ccccc4-c4c(N(c5ccccc5)c5ccccc5)cccc43)c2)cc1. The van der Waals surface area contributed by atoms with E-state index in [1.54, 1.807) is 0 Å². The Balaban J connectivity index is 1.08. The molecular weight excluding hydrogens is 847 g/mol. The van der Waals surface area contributed by atoms with Crippen LogP contribution in [-0.4, -0.2) is 4.57 Å². The molecule has 11 aromatic carbocycles. The molecule has 70 heavy (non-hydrogen) atoms. The summed E-state index contributed by atoms with van der Waals surface area (Å²) in [4.78, 5) is 4.97. The summed E-state index contributed by atoms with van der Waals surface area (Å²) < 4.78 is 2.43. The van der Waals surface area contributed by atoms with Crippen LogP contribution < -0.4 is 9.80 Å². The highest BCUT2D eigenvalue weighted by atomic mass is 15.2. The minimum atomic E-state index is -0.665. The van der Waals surface area contributed by atoms with Gasteiger partial charge in [0.1, 0.15) is 0 Å². The molecule has 1 spiro atoms. The number of nitrogens with zero attached hydrogens (tertiary/aromatic N) is 3. The summed E-state index contributed by atoms with van der Waals surface area (Å²) in [6.07, 6.45) is 0. The molecule has 3 heteroatoms. The van der Waals surface area contributed by atoms with Gasteiger partial charge in [-0.2, -0.15) is 0 Å². The second-order valence-corrected chi connectivity index (χ2v) is 18.4. The van der Waals surface area contributed by atoms with Gasteiger partial charge in [-0.05, 0) is 123 Å². The van der Waals surface area contributed by atoms with Gasteiger partial charge in [-0.25, -0.2) is 0 Å². The van der Waals surface area contributed by atoms with Crippen LogP contribution in [0.15, 0.2) is 273 Å². The Kier molecular flexibility index (Phi) is 9.11. The molecule has 0 radical (unpaired) electrons. The maximum atomic E-state index is 2.54. The Bertz CT molecular complexity index is 3910. The zero-order valence-electron chi connectivity index (χ0n) is 38.3. The van der Waals surface area contributed by atoms with E-state index in [4.69, 9.17) is 0 Å². The van der Waals surface area contributed by atoms with Gasteiger partial charge in [-0.3, -0.25) is 0 Å². The van der Waals surface area contributed by atoms with Gasteiger partial charge in [-0.1, -0.05) is 194 Å². The Hall–Kier alpha value is -9.18. The minimum absolute atomic E-state index is 0.665. The van der Waals surface area contributed by atoms with Crippen molar-refractivity contribution in [3.63, 3.8) is 0 Å². The van der Waals surface area contributed by atoms with Crippen molar-refractivity contribution >= 4 is 55.9 Å². The highest BCUT2D eigenvalue weighted by molar-refractivity contribution is 6.11. The van der Waals surface area contributed by atoms with Crippen molar-refractivity contribution in [1.82, 2.24) is 4.57 Å². The maximum absolute atomic E-state index is 2.54. The number of aromatic nitrogens is 1. The van der Waals surface area contributed by atoms with Crippen molar-refractivity contribution in [1.29, 1.82) is 0 Å². The van der Waals surface area contributed by atoms with E-state index in [0.717, 1.165) is 50.9 Å². The first-order valence-electron chi connectivity index (χ1n) is 24.2. The Morgan fingerprint density at radius 2 is 0.800 bits per heavy atom. The van der Waals surface area contributed by atoms with Crippen molar-refractivity contribution in [2.45, 2.75) is 5.41 Å². The van der Waals surface area contributed by atoms with Crippen LogP contribution in [-0.2, 0) is 5.41 Å². The van der Waals surface area contributed by atoms with Crippen LogP contribution in [0.1, 0.15) is 22.3 Å². The van der Waals surface area contributed by atoms with E-state index < -0.39 is 5.41 Å². The van der Waals surface area contributed by atoms with Crippen LogP contribution in [0.5, 0.6) is 0 Å². The van der Waals surface area contributed by atoms with E-state index in [1.165, 1.54) is 66.4 Å². The molecule has 0 N–H and O–H groups in total. The van der Waals surface area contributed by atoms with Gasteiger partial charge in [0, 0.05) is 50.3 Å². The van der Waals surface area contributed by atoms with Crippen molar-refractivity contribution in [3.05, 3.63) is 295 Å². The molecule has 0 amide bonds. The smallest absolute Gasteiger partial charge is 0.0746 e. The summed E-state index contributed by atoms with van der Waals surface area (Å²) in [5.74, 6) is 0. The van der Waals surface area contributed by atoms with E-state index in [-0.39, 0.29) is 0 Å². The first kappa shape index (κ1) is 39.9. The van der Waals surface area contributed by atoms with Gasteiger partial charge in [0.25, 0.3) is 0 Å². The van der Waals surface area contributed by atoms with Gasteiger partial charge < -0.3 is 14.4 Å². The second kappa shape index (κ2) is 16.0. The van der Waals surface area contributed by atoms with Gasteiger partial charge in [0.2, 0.25) is 0 Å². The summed E-state index contributed by atoms with van der Waals surface area (Å²) in [5, 5.41) is 2.45. The molecule has 1 unspecified atom stereocenters. The lowest BCUT2D eigenvalue weighted by atomic mass is 9.70. The first-order chi connectivity index (χ1) is 34.8. The van der Waals surface area contributed by atoms with Crippen LogP contribution in [0.2, 0.25) is 0 Å². The Morgan fingerprint density at radius 3 is 1.56 bits per heavy atom. The topological polar surface area (TPSA) is 11.4 Å².